The van der Waals surface area contributed by atoms with Crippen LogP contribution in [0, 0.1) is 11.3 Å². The van der Waals surface area contributed by atoms with E-state index in [0.29, 0.717) is 19.3 Å². The Bertz CT molecular complexity index is 366. The summed E-state index contributed by atoms with van der Waals surface area (Å²) >= 11 is 0. The predicted octanol–water partition coefficient (Wildman–Crippen LogP) is 1.17. The first-order valence-corrected chi connectivity index (χ1v) is 4.46. The zero-order valence-corrected chi connectivity index (χ0v) is 7.86. The van der Waals surface area contributed by atoms with Gasteiger partial charge in [-0.3, -0.25) is 4.79 Å². The first-order chi connectivity index (χ1) is 6.74. The van der Waals surface area contributed by atoms with E-state index in [0.717, 1.165) is 11.1 Å². The number of primary amides is 1. The molecule has 14 heavy (non-hydrogen) atoms. The Labute approximate surface area is 83.2 Å². The van der Waals surface area contributed by atoms with Crippen molar-refractivity contribution in [2.45, 2.75) is 19.3 Å². The normalized spacial score (nSPS) is 9.36. The largest absolute Gasteiger partial charge is 0.370 e. The molecule has 0 spiro atoms. The van der Waals surface area contributed by atoms with Gasteiger partial charge in [0.15, 0.2) is 0 Å². The van der Waals surface area contributed by atoms with Crippen LogP contribution < -0.4 is 5.73 Å². The molecule has 3 heteroatoms. The van der Waals surface area contributed by atoms with Crippen LogP contribution in [0.25, 0.3) is 0 Å². The average molecular weight is 188 g/mol. The van der Waals surface area contributed by atoms with Gasteiger partial charge in [-0.2, -0.15) is 5.26 Å². The zero-order chi connectivity index (χ0) is 10.4. The van der Waals surface area contributed by atoms with Gasteiger partial charge in [-0.05, 0) is 17.5 Å². The Kier molecular flexibility index (Phi) is 3.69. The summed E-state index contributed by atoms with van der Waals surface area (Å²) in [4.78, 5) is 10.6. The fourth-order valence-corrected chi connectivity index (χ4v) is 1.32. The smallest absolute Gasteiger partial charge is 0.217 e. The summed E-state index contributed by atoms with van der Waals surface area (Å²) in [6.45, 7) is 0. The molecule has 0 saturated carbocycles. The highest BCUT2D eigenvalue weighted by Crippen LogP contribution is 2.11. The number of nitrogens with zero attached hydrogens (tertiary/aromatic N) is 1. The zero-order valence-electron chi connectivity index (χ0n) is 7.86. The SMILES string of the molecule is N#CCc1ccccc1CCC(N)=O. The van der Waals surface area contributed by atoms with Crippen LogP contribution in [-0.4, -0.2) is 5.91 Å². The third kappa shape index (κ3) is 2.91. The summed E-state index contributed by atoms with van der Waals surface area (Å²) in [5.41, 5.74) is 7.08. The molecule has 3 nitrogen and oxygen atoms in total. The van der Waals surface area contributed by atoms with Crippen LogP contribution in [0.3, 0.4) is 0 Å². The lowest BCUT2D eigenvalue weighted by Crippen LogP contribution is -2.11. The third-order valence-corrected chi connectivity index (χ3v) is 2.03. The van der Waals surface area contributed by atoms with Crippen LogP contribution >= 0.6 is 0 Å². The lowest BCUT2D eigenvalue weighted by molar-refractivity contribution is -0.117. The second kappa shape index (κ2) is 5.03. The summed E-state index contributed by atoms with van der Waals surface area (Å²) in [6.07, 6.45) is 1.34. The molecule has 1 aromatic carbocycles. The average Bonchev–Trinajstić information content (AvgIpc) is 2.17. The van der Waals surface area contributed by atoms with Crippen LogP contribution in [0.5, 0.6) is 0 Å². The van der Waals surface area contributed by atoms with Crippen molar-refractivity contribution in [3.05, 3.63) is 35.4 Å². The number of rotatable bonds is 4. The molecule has 1 amide bonds. The standard InChI is InChI=1S/C11H12N2O/c12-8-7-10-4-2-1-3-9(10)5-6-11(13)14/h1-4H,5-7H2,(H2,13,14). The molecule has 0 unspecified atom stereocenters. The summed E-state index contributed by atoms with van der Waals surface area (Å²) in [5, 5.41) is 8.58. The van der Waals surface area contributed by atoms with Gasteiger partial charge in [0, 0.05) is 6.42 Å². The molecule has 72 valence electrons. The molecule has 1 aromatic rings. The molecule has 0 atom stereocenters. The summed E-state index contributed by atoms with van der Waals surface area (Å²) in [7, 11) is 0. The van der Waals surface area contributed by atoms with Crippen molar-refractivity contribution >= 4 is 5.91 Å². The number of benzene rings is 1. The number of nitrogens with two attached hydrogens (primary N) is 1. The van der Waals surface area contributed by atoms with Crippen molar-refractivity contribution in [2.75, 3.05) is 0 Å². The van der Waals surface area contributed by atoms with Gasteiger partial charge in [0.05, 0.1) is 12.5 Å². The number of aryl methyl sites for hydroxylation is 1. The van der Waals surface area contributed by atoms with Gasteiger partial charge >= 0.3 is 0 Å². The summed E-state index contributed by atoms with van der Waals surface area (Å²) in [6, 6.07) is 9.71. The quantitative estimate of drug-likeness (QED) is 0.770. The van der Waals surface area contributed by atoms with E-state index in [4.69, 9.17) is 11.0 Å². The fraction of sp³-hybridized carbons (Fsp3) is 0.273. The predicted molar refractivity (Wildman–Crippen MR) is 53.3 cm³/mol. The van der Waals surface area contributed by atoms with Gasteiger partial charge in [0.25, 0.3) is 0 Å². The highest BCUT2D eigenvalue weighted by Gasteiger charge is 2.02. The van der Waals surface area contributed by atoms with E-state index in [1.54, 1.807) is 0 Å². The van der Waals surface area contributed by atoms with Gasteiger partial charge < -0.3 is 5.73 Å². The highest BCUT2D eigenvalue weighted by molar-refractivity contribution is 5.74. The summed E-state index contributed by atoms with van der Waals surface area (Å²) in [5.74, 6) is -0.309. The molecular formula is C11H12N2O. The third-order valence-electron chi connectivity index (χ3n) is 2.03. The topological polar surface area (TPSA) is 66.9 Å². The van der Waals surface area contributed by atoms with Gasteiger partial charge in [0.1, 0.15) is 0 Å². The second-order valence-electron chi connectivity index (χ2n) is 3.07. The molecule has 0 fully saturated rings. The Morgan fingerprint density at radius 3 is 2.57 bits per heavy atom. The molecular weight excluding hydrogens is 176 g/mol. The van der Waals surface area contributed by atoms with Gasteiger partial charge in [-0.1, -0.05) is 24.3 Å². The maximum Gasteiger partial charge on any atom is 0.217 e. The van der Waals surface area contributed by atoms with E-state index in [9.17, 15) is 4.79 Å². The maximum atomic E-state index is 10.6. The van der Waals surface area contributed by atoms with Crippen molar-refractivity contribution in [3.63, 3.8) is 0 Å². The Balaban J connectivity index is 2.74. The molecule has 0 aliphatic heterocycles. The van der Waals surface area contributed by atoms with E-state index in [1.165, 1.54) is 0 Å². The number of carbonyl (C=O) groups excluding carboxylic acids is 1. The molecule has 0 aromatic heterocycles. The van der Waals surface area contributed by atoms with Gasteiger partial charge in [-0.25, -0.2) is 0 Å². The minimum Gasteiger partial charge on any atom is -0.370 e. The second-order valence-corrected chi connectivity index (χ2v) is 3.07. The highest BCUT2D eigenvalue weighted by atomic mass is 16.1. The Morgan fingerprint density at radius 2 is 2.00 bits per heavy atom. The van der Waals surface area contributed by atoms with Gasteiger partial charge in [0.2, 0.25) is 5.91 Å². The van der Waals surface area contributed by atoms with E-state index in [-0.39, 0.29) is 5.91 Å². The lowest BCUT2D eigenvalue weighted by atomic mass is 10.0. The van der Waals surface area contributed by atoms with Crippen molar-refractivity contribution < 1.29 is 4.79 Å². The molecule has 0 heterocycles. The molecule has 0 bridgehead atoms. The molecule has 0 aliphatic carbocycles. The van der Waals surface area contributed by atoms with Crippen molar-refractivity contribution in [1.82, 2.24) is 0 Å². The van der Waals surface area contributed by atoms with E-state index < -0.39 is 0 Å². The monoisotopic (exact) mass is 188 g/mol. The fourth-order valence-electron chi connectivity index (χ4n) is 1.32. The van der Waals surface area contributed by atoms with E-state index in [2.05, 4.69) is 6.07 Å². The van der Waals surface area contributed by atoms with Crippen LogP contribution in [0.4, 0.5) is 0 Å². The molecule has 0 saturated heterocycles. The Morgan fingerprint density at radius 1 is 1.36 bits per heavy atom. The Hall–Kier alpha value is -1.82. The number of carbonyl (C=O) groups is 1. The van der Waals surface area contributed by atoms with Crippen molar-refractivity contribution in [2.24, 2.45) is 5.73 Å². The van der Waals surface area contributed by atoms with Crippen molar-refractivity contribution in [1.29, 1.82) is 5.26 Å². The number of hydrogen-bond donors (Lipinski definition) is 1. The van der Waals surface area contributed by atoms with Crippen LogP contribution in [0.15, 0.2) is 24.3 Å². The summed E-state index contributed by atoms with van der Waals surface area (Å²) < 4.78 is 0. The van der Waals surface area contributed by atoms with Crippen LogP contribution in [0.1, 0.15) is 17.5 Å². The number of amides is 1. The van der Waals surface area contributed by atoms with E-state index in [1.807, 2.05) is 24.3 Å². The molecule has 1 rings (SSSR count). The maximum absolute atomic E-state index is 10.6. The first kappa shape index (κ1) is 10.3. The van der Waals surface area contributed by atoms with Crippen molar-refractivity contribution in [3.8, 4) is 6.07 Å². The minimum absolute atomic E-state index is 0.309. The molecule has 0 aliphatic rings. The van der Waals surface area contributed by atoms with Gasteiger partial charge in [-0.15, -0.1) is 0 Å². The molecule has 0 radical (unpaired) electrons. The number of hydrogen-bond acceptors (Lipinski definition) is 2. The minimum atomic E-state index is -0.309. The van der Waals surface area contributed by atoms with Crippen LogP contribution in [-0.2, 0) is 17.6 Å². The number of nitriles is 1. The lowest BCUT2D eigenvalue weighted by Gasteiger charge is -2.04. The van der Waals surface area contributed by atoms with Crippen LogP contribution in [0.2, 0.25) is 0 Å². The molecule has 2 N–H and O–H groups in total. The van der Waals surface area contributed by atoms with E-state index >= 15 is 0 Å². The first-order valence-electron chi connectivity index (χ1n) is 4.46.